The molecule has 0 aliphatic heterocycles. The van der Waals surface area contributed by atoms with E-state index < -0.39 is 11.7 Å². The summed E-state index contributed by atoms with van der Waals surface area (Å²) in [5.41, 5.74) is 0.233. The monoisotopic (exact) mass is 226 g/mol. The number of halogens is 3. The standard InChI is InChI=1S/C12H9F3O/c1-9-5-6-11(12(13,14)15)8-10(9)4-2-3-7-16/h5-8H,3H2,1H3. The molecule has 0 N–H and O–H groups in total. The minimum atomic E-state index is -4.37. The molecule has 0 aliphatic rings. The Kier molecular flexibility index (Phi) is 3.73. The number of hydrogen-bond donors (Lipinski definition) is 0. The van der Waals surface area contributed by atoms with E-state index in [9.17, 15) is 18.0 Å². The van der Waals surface area contributed by atoms with Crippen LogP contribution < -0.4 is 0 Å². The van der Waals surface area contributed by atoms with Crippen LogP contribution in [0.5, 0.6) is 0 Å². The van der Waals surface area contributed by atoms with Crippen LogP contribution in [0, 0.1) is 18.8 Å². The van der Waals surface area contributed by atoms with Crippen LogP contribution in [-0.2, 0) is 11.0 Å². The van der Waals surface area contributed by atoms with Crippen LogP contribution in [0.15, 0.2) is 18.2 Å². The zero-order chi connectivity index (χ0) is 12.2. The number of rotatable bonds is 1. The molecule has 84 valence electrons. The van der Waals surface area contributed by atoms with E-state index in [0.29, 0.717) is 17.4 Å². The lowest BCUT2D eigenvalue weighted by Gasteiger charge is -2.07. The van der Waals surface area contributed by atoms with Crippen LogP contribution in [0.2, 0.25) is 0 Å². The topological polar surface area (TPSA) is 17.1 Å². The highest BCUT2D eigenvalue weighted by molar-refractivity contribution is 5.55. The van der Waals surface area contributed by atoms with Crippen molar-refractivity contribution < 1.29 is 18.0 Å². The molecule has 1 rings (SSSR count). The minimum absolute atomic E-state index is 0.0235. The smallest absolute Gasteiger partial charge is 0.302 e. The van der Waals surface area contributed by atoms with Gasteiger partial charge in [-0.25, -0.2) is 0 Å². The maximum absolute atomic E-state index is 12.4. The third-order valence-corrected chi connectivity index (χ3v) is 1.97. The van der Waals surface area contributed by atoms with Crippen molar-refractivity contribution in [3.05, 3.63) is 34.9 Å². The number of aldehydes is 1. The average Bonchev–Trinajstić information content (AvgIpc) is 2.19. The third kappa shape index (κ3) is 3.13. The lowest BCUT2D eigenvalue weighted by Crippen LogP contribution is -2.05. The second-order valence-corrected chi connectivity index (χ2v) is 3.20. The molecule has 0 radical (unpaired) electrons. The van der Waals surface area contributed by atoms with Gasteiger partial charge in [-0.05, 0) is 24.6 Å². The maximum atomic E-state index is 12.4. The summed E-state index contributed by atoms with van der Waals surface area (Å²) in [4.78, 5) is 10.0. The van der Waals surface area contributed by atoms with E-state index in [2.05, 4.69) is 11.8 Å². The molecule has 0 unspecified atom stereocenters. The van der Waals surface area contributed by atoms with Gasteiger partial charge in [-0.2, -0.15) is 13.2 Å². The molecule has 0 fully saturated rings. The van der Waals surface area contributed by atoms with E-state index in [1.54, 1.807) is 6.92 Å². The summed E-state index contributed by atoms with van der Waals surface area (Å²) in [6.45, 7) is 1.67. The van der Waals surface area contributed by atoms with Gasteiger partial charge in [-0.1, -0.05) is 17.9 Å². The fraction of sp³-hybridized carbons (Fsp3) is 0.250. The quantitative estimate of drug-likeness (QED) is 0.531. The number of alkyl halides is 3. The molecule has 16 heavy (non-hydrogen) atoms. The van der Waals surface area contributed by atoms with Crippen molar-refractivity contribution in [1.82, 2.24) is 0 Å². The molecule has 1 nitrogen and oxygen atoms in total. The largest absolute Gasteiger partial charge is 0.416 e. The van der Waals surface area contributed by atoms with E-state index in [1.807, 2.05) is 0 Å². The molecule has 0 bridgehead atoms. The van der Waals surface area contributed by atoms with Crippen LogP contribution >= 0.6 is 0 Å². The molecule has 0 heterocycles. The predicted molar refractivity (Wildman–Crippen MR) is 53.7 cm³/mol. The van der Waals surface area contributed by atoms with Crippen molar-refractivity contribution in [2.24, 2.45) is 0 Å². The number of benzene rings is 1. The lowest BCUT2D eigenvalue weighted by molar-refractivity contribution is -0.137. The van der Waals surface area contributed by atoms with E-state index in [-0.39, 0.29) is 6.42 Å². The Labute approximate surface area is 91.3 Å². The molecule has 0 atom stereocenters. The Morgan fingerprint density at radius 1 is 1.38 bits per heavy atom. The number of carbonyl (C=O) groups excluding carboxylic acids is 1. The maximum Gasteiger partial charge on any atom is 0.416 e. The van der Waals surface area contributed by atoms with Gasteiger partial charge < -0.3 is 4.79 Å². The van der Waals surface area contributed by atoms with Crippen LogP contribution in [0.3, 0.4) is 0 Å². The zero-order valence-electron chi connectivity index (χ0n) is 8.56. The molecule has 0 amide bonds. The number of hydrogen-bond acceptors (Lipinski definition) is 1. The zero-order valence-corrected chi connectivity index (χ0v) is 8.56. The van der Waals surface area contributed by atoms with Crippen molar-refractivity contribution in [3.8, 4) is 11.8 Å². The van der Waals surface area contributed by atoms with Crippen LogP contribution in [0.1, 0.15) is 23.1 Å². The number of carbonyl (C=O) groups is 1. The highest BCUT2D eigenvalue weighted by Crippen LogP contribution is 2.30. The molecule has 0 saturated carbocycles. The summed E-state index contributed by atoms with van der Waals surface area (Å²) >= 11 is 0. The average molecular weight is 226 g/mol. The molecule has 4 heteroatoms. The predicted octanol–water partition coefficient (Wildman–Crippen LogP) is 2.95. The summed E-state index contributed by atoms with van der Waals surface area (Å²) < 4.78 is 37.2. The first kappa shape index (κ1) is 12.3. The first-order chi connectivity index (χ1) is 7.45. The highest BCUT2D eigenvalue weighted by atomic mass is 19.4. The van der Waals surface area contributed by atoms with Crippen LogP contribution in [0.4, 0.5) is 13.2 Å². The van der Waals surface area contributed by atoms with Crippen molar-refractivity contribution in [3.63, 3.8) is 0 Å². The van der Waals surface area contributed by atoms with Crippen molar-refractivity contribution >= 4 is 6.29 Å². The number of aryl methyl sites for hydroxylation is 1. The summed E-state index contributed by atoms with van der Waals surface area (Å²) in [6, 6.07) is 3.38. The minimum Gasteiger partial charge on any atom is -0.302 e. The van der Waals surface area contributed by atoms with E-state index in [0.717, 1.165) is 12.1 Å². The van der Waals surface area contributed by atoms with Crippen molar-refractivity contribution in [1.29, 1.82) is 0 Å². The molecule has 0 saturated heterocycles. The summed E-state index contributed by atoms with van der Waals surface area (Å²) in [6.07, 6.45) is -3.74. The van der Waals surface area contributed by atoms with Gasteiger partial charge >= 0.3 is 6.18 Å². The van der Waals surface area contributed by atoms with Gasteiger partial charge in [0.15, 0.2) is 0 Å². The van der Waals surface area contributed by atoms with Gasteiger partial charge in [0.1, 0.15) is 6.29 Å². The molecular weight excluding hydrogens is 217 g/mol. The van der Waals surface area contributed by atoms with E-state index >= 15 is 0 Å². The van der Waals surface area contributed by atoms with Gasteiger partial charge in [0, 0.05) is 5.56 Å². The Morgan fingerprint density at radius 3 is 2.62 bits per heavy atom. The first-order valence-electron chi connectivity index (χ1n) is 4.55. The van der Waals surface area contributed by atoms with Crippen LogP contribution in [-0.4, -0.2) is 6.29 Å². The van der Waals surface area contributed by atoms with Gasteiger partial charge in [0.05, 0.1) is 12.0 Å². The molecule has 0 spiro atoms. The summed E-state index contributed by atoms with van der Waals surface area (Å²) in [7, 11) is 0. The lowest BCUT2D eigenvalue weighted by atomic mass is 10.0. The Morgan fingerprint density at radius 2 is 2.06 bits per heavy atom. The Hall–Kier alpha value is -1.76. The summed E-state index contributed by atoms with van der Waals surface area (Å²) in [5.74, 6) is 5.03. The van der Waals surface area contributed by atoms with Gasteiger partial charge in [0.25, 0.3) is 0 Å². The van der Waals surface area contributed by atoms with Crippen molar-refractivity contribution in [2.45, 2.75) is 19.5 Å². The van der Waals surface area contributed by atoms with Gasteiger partial charge in [-0.15, -0.1) is 0 Å². The molecule has 0 aliphatic carbocycles. The second kappa shape index (κ2) is 4.84. The van der Waals surface area contributed by atoms with Gasteiger partial charge in [0.2, 0.25) is 0 Å². The highest BCUT2D eigenvalue weighted by Gasteiger charge is 2.30. The van der Waals surface area contributed by atoms with E-state index in [1.165, 1.54) is 6.07 Å². The van der Waals surface area contributed by atoms with Crippen LogP contribution in [0.25, 0.3) is 0 Å². The SMILES string of the molecule is Cc1ccc(C(F)(F)F)cc1C#CCC=O. The second-order valence-electron chi connectivity index (χ2n) is 3.20. The fourth-order valence-corrected chi connectivity index (χ4v) is 1.12. The fourth-order valence-electron chi connectivity index (χ4n) is 1.12. The molecule has 1 aromatic rings. The van der Waals surface area contributed by atoms with Gasteiger partial charge in [-0.3, -0.25) is 0 Å². The first-order valence-corrected chi connectivity index (χ1v) is 4.55. The van der Waals surface area contributed by atoms with Crippen molar-refractivity contribution in [2.75, 3.05) is 0 Å². The Bertz CT molecular complexity index is 450. The molecular formula is C12H9F3O. The molecule has 1 aromatic carbocycles. The normalized spacial score (nSPS) is 10.5. The Balaban J connectivity index is 3.10. The molecule has 0 aromatic heterocycles. The van der Waals surface area contributed by atoms with E-state index in [4.69, 9.17) is 0 Å². The summed E-state index contributed by atoms with van der Waals surface area (Å²) in [5, 5.41) is 0. The third-order valence-electron chi connectivity index (χ3n) is 1.97.